The van der Waals surface area contributed by atoms with Gasteiger partial charge in [0.1, 0.15) is 5.82 Å². The van der Waals surface area contributed by atoms with E-state index in [1.165, 1.54) is 0 Å². The van der Waals surface area contributed by atoms with Crippen LogP contribution in [0.25, 0.3) is 0 Å². The maximum atomic E-state index is 12.0. The van der Waals surface area contributed by atoms with E-state index in [2.05, 4.69) is 27.4 Å². The topological polar surface area (TPSA) is 90.9 Å². The Hall–Kier alpha value is -1.43. The summed E-state index contributed by atoms with van der Waals surface area (Å²) < 4.78 is 0. The van der Waals surface area contributed by atoms with Crippen molar-refractivity contribution in [3.63, 3.8) is 0 Å². The Kier molecular flexibility index (Phi) is 6.13. The predicted molar refractivity (Wildman–Crippen MR) is 77.5 cm³/mol. The summed E-state index contributed by atoms with van der Waals surface area (Å²) in [6.07, 6.45) is 2.73. The predicted octanol–water partition coefficient (Wildman–Crippen LogP) is 1.63. The van der Waals surface area contributed by atoms with Crippen LogP contribution in [0.4, 0.5) is 0 Å². The van der Waals surface area contributed by atoms with Gasteiger partial charge in [0.15, 0.2) is 0 Å². The third kappa shape index (κ3) is 4.92. The van der Waals surface area contributed by atoms with E-state index in [9.17, 15) is 4.79 Å². The minimum Gasteiger partial charge on any atom is -0.396 e. The molecule has 1 heterocycles. The van der Waals surface area contributed by atoms with Gasteiger partial charge in [0.2, 0.25) is 5.82 Å². The molecule has 0 fully saturated rings. The van der Waals surface area contributed by atoms with Gasteiger partial charge in [-0.25, -0.2) is 4.98 Å². The third-order valence-corrected chi connectivity index (χ3v) is 3.18. The van der Waals surface area contributed by atoms with Crippen LogP contribution in [0.3, 0.4) is 0 Å². The molecule has 0 radical (unpaired) electrons. The van der Waals surface area contributed by atoms with E-state index in [0.717, 1.165) is 12.8 Å². The highest BCUT2D eigenvalue weighted by atomic mass is 16.3. The van der Waals surface area contributed by atoms with Gasteiger partial charge in [-0.1, -0.05) is 34.1 Å². The Labute approximate surface area is 120 Å². The number of nitrogens with one attached hydrogen (secondary N) is 2. The number of amides is 1. The smallest absolute Gasteiger partial charge is 0.290 e. The number of hydrogen-bond acceptors (Lipinski definition) is 4. The van der Waals surface area contributed by atoms with E-state index in [1.54, 1.807) is 0 Å². The molecule has 6 nitrogen and oxygen atoms in total. The minimum atomic E-state index is -0.268. The number of carbonyl (C=O) groups is 1. The van der Waals surface area contributed by atoms with Crippen LogP contribution in [0, 0.1) is 5.92 Å². The minimum absolute atomic E-state index is 0.148. The first-order valence-corrected chi connectivity index (χ1v) is 7.20. The summed E-state index contributed by atoms with van der Waals surface area (Å²) >= 11 is 0. The van der Waals surface area contributed by atoms with Crippen molar-refractivity contribution in [2.45, 2.75) is 52.4 Å². The summed E-state index contributed by atoms with van der Waals surface area (Å²) in [6, 6.07) is 0. The molecule has 0 saturated heterocycles. The highest BCUT2D eigenvalue weighted by Crippen LogP contribution is 2.17. The zero-order chi connectivity index (χ0) is 15.2. The number of carbonyl (C=O) groups excluding carboxylic acids is 1. The second-order valence-corrected chi connectivity index (χ2v) is 6.13. The van der Waals surface area contributed by atoms with Crippen molar-refractivity contribution in [3.05, 3.63) is 11.6 Å². The first-order valence-electron chi connectivity index (χ1n) is 7.20. The summed E-state index contributed by atoms with van der Waals surface area (Å²) in [4.78, 5) is 16.2. The zero-order valence-electron chi connectivity index (χ0n) is 12.9. The number of rotatable bonds is 7. The van der Waals surface area contributed by atoms with Crippen LogP contribution in [-0.2, 0) is 5.41 Å². The van der Waals surface area contributed by atoms with Gasteiger partial charge in [0.25, 0.3) is 5.91 Å². The van der Waals surface area contributed by atoms with Crippen LogP contribution >= 0.6 is 0 Å². The van der Waals surface area contributed by atoms with E-state index >= 15 is 0 Å². The molecule has 1 amide bonds. The Morgan fingerprint density at radius 2 is 2.10 bits per heavy atom. The molecule has 1 atom stereocenters. The molecule has 0 aliphatic carbocycles. The number of aliphatic hydroxyl groups excluding tert-OH is 1. The summed E-state index contributed by atoms with van der Waals surface area (Å²) in [6.45, 7) is 8.81. The highest BCUT2D eigenvalue weighted by molar-refractivity contribution is 5.90. The molecule has 20 heavy (non-hydrogen) atoms. The molecule has 1 aromatic rings. The molecule has 1 aromatic heterocycles. The van der Waals surface area contributed by atoms with E-state index in [4.69, 9.17) is 5.11 Å². The molecule has 1 unspecified atom stereocenters. The normalized spacial score (nSPS) is 13.2. The molecule has 0 aromatic carbocycles. The molecule has 0 aliphatic heterocycles. The average molecular weight is 282 g/mol. The lowest BCUT2D eigenvalue weighted by Gasteiger charge is -2.15. The van der Waals surface area contributed by atoms with E-state index in [-0.39, 0.29) is 23.8 Å². The number of nitrogens with zero attached hydrogens (tertiary/aromatic N) is 2. The second-order valence-electron chi connectivity index (χ2n) is 6.13. The second kappa shape index (κ2) is 7.38. The molecule has 0 aliphatic rings. The van der Waals surface area contributed by atoms with Crippen LogP contribution in [0.5, 0.6) is 0 Å². The Bertz CT molecular complexity index is 417. The van der Waals surface area contributed by atoms with Crippen molar-refractivity contribution >= 4 is 5.91 Å². The monoisotopic (exact) mass is 282 g/mol. The maximum Gasteiger partial charge on any atom is 0.290 e. The van der Waals surface area contributed by atoms with Crippen LogP contribution in [0.15, 0.2) is 0 Å². The van der Waals surface area contributed by atoms with Crippen molar-refractivity contribution in [1.29, 1.82) is 0 Å². The van der Waals surface area contributed by atoms with Gasteiger partial charge in [0, 0.05) is 18.6 Å². The zero-order valence-corrected chi connectivity index (χ0v) is 12.9. The maximum absolute atomic E-state index is 12.0. The van der Waals surface area contributed by atoms with Gasteiger partial charge in [0.05, 0.1) is 0 Å². The van der Waals surface area contributed by atoms with Crippen LogP contribution in [-0.4, -0.2) is 39.3 Å². The van der Waals surface area contributed by atoms with E-state index in [0.29, 0.717) is 24.7 Å². The van der Waals surface area contributed by atoms with Crippen molar-refractivity contribution in [3.8, 4) is 0 Å². The van der Waals surface area contributed by atoms with Crippen LogP contribution in [0.2, 0.25) is 0 Å². The fourth-order valence-corrected chi connectivity index (χ4v) is 1.95. The van der Waals surface area contributed by atoms with Gasteiger partial charge >= 0.3 is 0 Å². The standard InChI is InChI=1S/C14H26N4O2/c1-5-6-10(7-8-19)9-15-12(20)11-16-13(18-17-11)14(2,3)4/h10,19H,5-9H2,1-4H3,(H,15,20)(H,16,17,18). The molecule has 0 spiro atoms. The number of aromatic amines is 1. The van der Waals surface area contributed by atoms with Gasteiger partial charge in [-0.05, 0) is 18.8 Å². The molecule has 0 bridgehead atoms. The van der Waals surface area contributed by atoms with E-state index in [1.807, 2.05) is 20.8 Å². The first kappa shape index (κ1) is 16.6. The van der Waals surface area contributed by atoms with Gasteiger partial charge in [-0.3, -0.25) is 9.89 Å². The van der Waals surface area contributed by atoms with Crippen LogP contribution in [0.1, 0.15) is 63.4 Å². The fraction of sp³-hybridized carbons (Fsp3) is 0.786. The lowest BCUT2D eigenvalue weighted by molar-refractivity contribution is 0.0933. The molecule has 0 saturated carbocycles. The Balaban J connectivity index is 2.56. The van der Waals surface area contributed by atoms with Crippen molar-refractivity contribution in [2.24, 2.45) is 5.92 Å². The van der Waals surface area contributed by atoms with E-state index < -0.39 is 0 Å². The van der Waals surface area contributed by atoms with Crippen LogP contribution < -0.4 is 5.32 Å². The molecule has 3 N–H and O–H groups in total. The van der Waals surface area contributed by atoms with Crippen molar-refractivity contribution in [2.75, 3.05) is 13.2 Å². The molecule has 1 rings (SSSR count). The third-order valence-electron chi connectivity index (χ3n) is 3.18. The number of hydrogen-bond donors (Lipinski definition) is 3. The van der Waals surface area contributed by atoms with Gasteiger partial charge < -0.3 is 10.4 Å². The summed E-state index contributed by atoms with van der Waals surface area (Å²) in [5, 5.41) is 18.6. The molecule has 6 heteroatoms. The van der Waals surface area contributed by atoms with Gasteiger partial charge in [-0.15, -0.1) is 5.10 Å². The SMILES string of the molecule is CCCC(CCO)CNC(=O)c1n[nH]c(C(C)(C)C)n1. The lowest BCUT2D eigenvalue weighted by Crippen LogP contribution is -2.30. The summed E-state index contributed by atoms with van der Waals surface area (Å²) in [5.74, 6) is 0.906. The fourth-order valence-electron chi connectivity index (χ4n) is 1.95. The average Bonchev–Trinajstić information content (AvgIpc) is 2.85. The molecule has 114 valence electrons. The Morgan fingerprint density at radius 1 is 1.40 bits per heavy atom. The Morgan fingerprint density at radius 3 is 2.60 bits per heavy atom. The summed E-state index contributed by atoms with van der Waals surface area (Å²) in [5.41, 5.74) is -0.160. The van der Waals surface area contributed by atoms with Crippen molar-refractivity contribution < 1.29 is 9.90 Å². The summed E-state index contributed by atoms with van der Waals surface area (Å²) in [7, 11) is 0. The number of aliphatic hydroxyl groups is 1. The van der Waals surface area contributed by atoms with Crippen molar-refractivity contribution in [1.82, 2.24) is 20.5 Å². The first-order chi connectivity index (χ1) is 9.38. The number of aromatic nitrogens is 3. The largest absolute Gasteiger partial charge is 0.396 e. The highest BCUT2D eigenvalue weighted by Gasteiger charge is 2.21. The lowest BCUT2D eigenvalue weighted by atomic mass is 9.96. The molecular formula is C14H26N4O2. The molecular weight excluding hydrogens is 256 g/mol. The van der Waals surface area contributed by atoms with Gasteiger partial charge in [-0.2, -0.15) is 0 Å². The number of H-pyrrole nitrogens is 1. The quantitative estimate of drug-likeness (QED) is 0.709.